The summed E-state index contributed by atoms with van der Waals surface area (Å²) < 4.78 is 0. The molecule has 7 nitrogen and oxygen atoms in total. The Labute approximate surface area is 238 Å². The van der Waals surface area contributed by atoms with Crippen LogP contribution in [0.5, 0.6) is 0 Å². The predicted molar refractivity (Wildman–Crippen MR) is 149 cm³/mol. The van der Waals surface area contributed by atoms with Crippen molar-refractivity contribution in [2.45, 2.75) is 99.0 Å². The summed E-state index contributed by atoms with van der Waals surface area (Å²) in [6.07, 6.45) is 8.18. The maximum Gasteiger partial charge on any atom is 0.226 e. The third kappa shape index (κ3) is 3.22. The Morgan fingerprint density at radius 2 is 1.65 bits per heavy atom. The molecule has 0 spiro atoms. The number of Topliss-reactive ketones (excluding diaryl/α,β-unsaturated/α-hetero) is 1. The number of nitrogens with one attached hydrogen (secondary N) is 1. The molecule has 0 aromatic carbocycles. The van der Waals surface area contributed by atoms with E-state index in [1.807, 2.05) is 26.8 Å². The number of aliphatic hydroxyl groups is 1. The molecule has 3 saturated carbocycles. The minimum atomic E-state index is -1.67. The number of nitrogens with zero attached hydrogens (tertiary/aromatic N) is 2. The Morgan fingerprint density at radius 1 is 1.00 bits per heavy atom. The molecule has 8 atom stereocenters. The van der Waals surface area contributed by atoms with Gasteiger partial charge in [0.1, 0.15) is 18.2 Å². The molecule has 5 aliphatic carbocycles. The summed E-state index contributed by atoms with van der Waals surface area (Å²) in [6.45, 7) is 14.1. The fourth-order valence-electron chi connectivity index (χ4n) is 10.3. The van der Waals surface area contributed by atoms with E-state index in [1.54, 1.807) is 12.2 Å². The highest BCUT2D eigenvalue weighted by atomic mass is 16.3. The Bertz CT molecular complexity index is 1360. The Kier molecular flexibility index (Phi) is 6.03. The van der Waals surface area contributed by atoms with E-state index in [1.165, 1.54) is 0 Å². The molecule has 2 N–H and O–H groups in total. The topological polar surface area (TPSA) is 131 Å². The van der Waals surface area contributed by atoms with Gasteiger partial charge in [0.05, 0.1) is 11.6 Å². The van der Waals surface area contributed by atoms with Gasteiger partial charge in [-0.15, -0.1) is 0 Å². The molecule has 0 bridgehead atoms. The van der Waals surface area contributed by atoms with Gasteiger partial charge in [-0.3, -0.25) is 14.4 Å². The van der Waals surface area contributed by atoms with Gasteiger partial charge in [-0.1, -0.05) is 54.5 Å². The lowest BCUT2D eigenvalue weighted by molar-refractivity contribution is -0.242. The fourth-order valence-corrected chi connectivity index (χ4v) is 10.3. The van der Waals surface area contributed by atoms with E-state index in [0.29, 0.717) is 19.3 Å². The summed E-state index contributed by atoms with van der Waals surface area (Å²) in [6, 6.07) is 4.10. The van der Waals surface area contributed by atoms with E-state index in [9.17, 15) is 24.8 Å². The van der Waals surface area contributed by atoms with E-state index >= 15 is 0 Å². The zero-order valence-corrected chi connectivity index (χ0v) is 25.0. The van der Waals surface area contributed by atoms with Crippen molar-refractivity contribution in [3.05, 3.63) is 23.3 Å². The first-order valence-electron chi connectivity index (χ1n) is 14.7. The third-order valence-corrected chi connectivity index (χ3v) is 13.1. The minimum Gasteiger partial charge on any atom is -0.381 e. The van der Waals surface area contributed by atoms with Crippen molar-refractivity contribution >= 4 is 17.5 Å². The van der Waals surface area contributed by atoms with Crippen molar-refractivity contribution in [2.75, 3.05) is 6.54 Å². The SMILES string of the molecule is CC1(C)C(=O)C(C#N)=C[C@]2(C)C3=CC(=O)[C@]4(O)[C@@H]5C[C@@](C)(C(=O)NCC#N)CC[C@]5(C)CC[C@@]4(C)[C@]3(C)CC[C@@H]12. The van der Waals surface area contributed by atoms with E-state index in [-0.39, 0.29) is 40.9 Å². The van der Waals surface area contributed by atoms with E-state index in [4.69, 9.17) is 5.26 Å². The first kappa shape index (κ1) is 28.7. The number of allylic oxidation sites excluding steroid dienone is 3. The summed E-state index contributed by atoms with van der Waals surface area (Å²) in [7, 11) is 0. The van der Waals surface area contributed by atoms with Crippen molar-refractivity contribution in [3.8, 4) is 12.1 Å². The molecule has 0 heterocycles. The maximum atomic E-state index is 14.5. The number of hydrogen-bond donors (Lipinski definition) is 2. The molecule has 0 aromatic rings. The first-order chi connectivity index (χ1) is 18.4. The van der Waals surface area contributed by atoms with Crippen molar-refractivity contribution in [1.29, 1.82) is 10.5 Å². The van der Waals surface area contributed by atoms with Crippen molar-refractivity contribution < 1.29 is 19.5 Å². The second kappa shape index (κ2) is 8.39. The highest BCUT2D eigenvalue weighted by Gasteiger charge is 2.75. The molecular weight excluding hydrogens is 502 g/mol. The van der Waals surface area contributed by atoms with Crippen molar-refractivity contribution in [1.82, 2.24) is 5.32 Å². The Balaban J connectivity index is 1.67. The van der Waals surface area contributed by atoms with Gasteiger partial charge < -0.3 is 10.4 Å². The van der Waals surface area contributed by atoms with Crippen LogP contribution in [0.1, 0.15) is 93.4 Å². The van der Waals surface area contributed by atoms with Gasteiger partial charge in [0.2, 0.25) is 5.91 Å². The van der Waals surface area contributed by atoms with Crippen LogP contribution in [-0.2, 0) is 14.4 Å². The van der Waals surface area contributed by atoms with Crippen LogP contribution >= 0.6 is 0 Å². The standard InChI is InChI=1S/C33H43N3O4/c1-27(2)21-8-9-31(6)22(30(21,5)17-20(19-35)25(27)38)16-24(37)33(40)23-18-29(4,26(39)36-15-14-34)11-10-28(23,3)12-13-32(31,33)7/h16-17,21,23,40H,8-13,15,18H2,1-7H3,(H,36,39)/t21-,23+,28+,29-,30-,31+,32-,33+/m0/s1. The van der Waals surface area contributed by atoms with Crippen LogP contribution in [0.4, 0.5) is 0 Å². The highest BCUT2D eigenvalue weighted by molar-refractivity contribution is 6.05. The quantitative estimate of drug-likeness (QED) is 0.472. The van der Waals surface area contributed by atoms with Gasteiger partial charge in [-0.2, -0.15) is 10.5 Å². The van der Waals surface area contributed by atoms with E-state index in [0.717, 1.165) is 31.3 Å². The zero-order chi connectivity index (χ0) is 29.7. The molecule has 40 heavy (non-hydrogen) atoms. The number of carbonyl (C=O) groups excluding carboxylic acids is 3. The number of hydrogen-bond acceptors (Lipinski definition) is 6. The summed E-state index contributed by atoms with van der Waals surface area (Å²) in [5.74, 6) is -1.15. The van der Waals surface area contributed by atoms with Gasteiger partial charge in [-0.05, 0) is 73.3 Å². The molecule has 7 heteroatoms. The smallest absolute Gasteiger partial charge is 0.226 e. The van der Waals surface area contributed by atoms with Crippen LogP contribution in [0.3, 0.4) is 0 Å². The largest absolute Gasteiger partial charge is 0.381 e. The molecule has 0 radical (unpaired) electrons. The van der Waals surface area contributed by atoms with Crippen molar-refractivity contribution in [2.24, 2.45) is 44.3 Å². The lowest BCUT2D eigenvalue weighted by Crippen LogP contribution is -2.74. The lowest BCUT2D eigenvalue weighted by Gasteiger charge is -2.71. The van der Waals surface area contributed by atoms with Crippen LogP contribution in [0.25, 0.3) is 0 Å². The number of carbonyl (C=O) groups is 3. The first-order valence-corrected chi connectivity index (χ1v) is 14.7. The number of ketones is 2. The van der Waals surface area contributed by atoms with Gasteiger partial charge in [0, 0.05) is 27.6 Å². The summed E-state index contributed by atoms with van der Waals surface area (Å²) in [4.78, 5) is 40.9. The molecule has 0 aliphatic heterocycles. The second-order valence-corrected chi connectivity index (χ2v) is 15.3. The van der Waals surface area contributed by atoms with Crippen LogP contribution in [0, 0.1) is 67.0 Å². The minimum absolute atomic E-state index is 0.0674. The Morgan fingerprint density at radius 3 is 2.27 bits per heavy atom. The summed E-state index contributed by atoms with van der Waals surface area (Å²) in [5, 5.41) is 34.5. The van der Waals surface area contributed by atoms with Crippen LogP contribution in [0.15, 0.2) is 23.3 Å². The van der Waals surface area contributed by atoms with Crippen LogP contribution in [0.2, 0.25) is 0 Å². The van der Waals surface area contributed by atoms with E-state index < -0.39 is 38.6 Å². The molecule has 5 aliphatic rings. The summed E-state index contributed by atoms with van der Waals surface area (Å²) >= 11 is 0. The molecule has 0 saturated heterocycles. The second-order valence-electron chi connectivity index (χ2n) is 15.3. The van der Waals surface area contributed by atoms with E-state index in [2.05, 4.69) is 39.1 Å². The van der Waals surface area contributed by atoms with Crippen LogP contribution in [-0.4, -0.2) is 34.7 Å². The number of fused-ring (bicyclic) bond motifs is 7. The monoisotopic (exact) mass is 545 g/mol. The normalized spacial score (nSPS) is 47.1. The molecule has 5 rings (SSSR count). The van der Waals surface area contributed by atoms with Gasteiger partial charge in [0.25, 0.3) is 0 Å². The Hall–Kier alpha value is -2.77. The molecule has 0 unspecified atom stereocenters. The maximum absolute atomic E-state index is 14.5. The molecular formula is C33H43N3O4. The van der Waals surface area contributed by atoms with Gasteiger partial charge in [0.15, 0.2) is 11.6 Å². The van der Waals surface area contributed by atoms with Crippen LogP contribution < -0.4 is 5.32 Å². The molecule has 214 valence electrons. The third-order valence-electron chi connectivity index (χ3n) is 13.1. The summed E-state index contributed by atoms with van der Waals surface area (Å²) in [5.41, 5.74) is -4.45. The van der Waals surface area contributed by atoms with Gasteiger partial charge >= 0.3 is 0 Å². The average Bonchev–Trinajstić information content (AvgIpc) is 2.89. The molecule has 1 amide bonds. The highest BCUT2D eigenvalue weighted by Crippen LogP contribution is 2.75. The number of rotatable bonds is 2. The lowest BCUT2D eigenvalue weighted by atomic mass is 9.33. The predicted octanol–water partition coefficient (Wildman–Crippen LogP) is 4.96. The van der Waals surface area contributed by atoms with Crippen molar-refractivity contribution in [3.63, 3.8) is 0 Å². The van der Waals surface area contributed by atoms with Gasteiger partial charge in [-0.25, -0.2) is 0 Å². The molecule has 3 fully saturated rings. The molecule has 0 aromatic heterocycles. The number of nitriles is 2. The number of amides is 1. The fraction of sp³-hybridized carbons (Fsp3) is 0.727. The average molecular weight is 546 g/mol. The zero-order valence-electron chi connectivity index (χ0n) is 25.0.